The summed E-state index contributed by atoms with van der Waals surface area (Å²) >= 11 is 3.33. The van der Waals surface area contributed by atoms with E-state index in [1.54, 1.807) is 18.2 Å². The first kappa shape index (κ1) is 17.6. The third kappa shape index (κ3) is 3.59. The summed E-state index contributed by atoms with van der Waals surface area (Å²) in [6, 6.07) is 7.90. The molecule has 0 fully saturated rings. The SMILES string of the molecule is OCc1cnc2ccc(Br)cc2c1Nc1ccc(F)c(C(F)(F)F)c1. The third-order valence-corrected chi connectivity index (χ3v) is 4.11. The number of halogens is 5. The zero-order valence-corrected chi connectivity index (χ0v) is 14.1. The molecule has 2 N–H and O–H groups in total. The Bertz CT molecular complexity index is 944. The third-order valence-electron chi connectivity index (χ3n) is 3.62. The molecule has 0 amide bonds. The molecule has 0 aliphatic carbocycles. The Balaban J connectivity index is 2.13. The second-order valence-electron chi connectivity index (χ2n) is 5.30. The van der Waals surface area contributed by atoms with Gasteiger partial charge in [0.1, 0.15) is 5.82 Å². The lowest BCUT2D eigenvalue weighted by Crippen LogP contribution is -2.09. The van der Waals surface area contributed by atoms with Gasteiger partial charge in [0.15, 0.2) is 0 Å². The molecule has 2 aromatic carbocycles. The van der Waals surface area contributed by atoms with Gasteiger partial charge < -0.3 is 10.4 Å². The molecule has 1 aromatic heterocycles. The summed E-state index contributed by atoms with van der Waals surface area (Å²) in [7, 11) is 0. The van der Waals surface area contributed by atoms with Crippen molar-refractivity contribution in [1.29, 1.82) is 0 Å². The molecule has 25 heavy (non-hydrogen) atoms. The van der Waals surface area contributed by atoms with Crippen molar-refractivity contribution in [2.24, 2.45) is 0 Å². The summed E-state index contributed by atoms with van der Waals surface area (Å²) in [6.45, 7) is -0.356. The minimum atomic E-state index is -4.80. The van der Waals surface area contributed by atoms with Gasteiger partial charge in [-0.25, -0.2) is 4.39 Å². The Morgan fingerprint density at radius 3 is 2.56 bits per heavy atom. The van der Waals surface area contributed by atoms with Crippen molar-refractivity contribution >= 4 is 38.2 Å². The molecule has 0 spiro atoms. The minimum absolute atomic E-state index is 0.0518. The number of aromatic nitrogens is 1. The Morgan fingerprint density at radius 2 is 1.88 bits per heavy atom. The summed E-state index contributed by atoms with van der Waals surface area (Å²) in [6.07, 6.45) is -3.36. The molecule has 0 saturated carbocycles. The van der Waals surface area contributed by atoms with E-state index in [-0.39, 0.29) is 12.3 Å². The zero-order chi connectivity index (χ0) is 18.2. The molecule has 0 unspecified atom stereocenters. The van der Waals surface area contributed by atoms with E-state index in [1.165, 1.54) is 12.3 Å². The van der Waals surface area contributed by atoms with Gasteiger partial charge in [-0.2, -0.15) is 13.2 Å². The normalized spacial score (nSPS) is 11.8. The maximum atomic E-state index is 13.5. The van der Waals surface area contributed by atoms with Crippen LogP contribution in [0.25, 0.3) is 10.9 Å². The molecular weight excluding hydrogens is 404 g/mol. The van der Waals surface area contributed by atoms with Gasteiger partial charge in [-0.15, -0.1) is 0 Å². The highest BCUT2D eigenvalue weighted by molar-refractivity contribution is 9.10. The maximum absolute atomic E-state index is 13.5. The van der Waals surface area contributed by atoms with Crippen molar-refractivity contribution < 1.29 is 22.7 Å². The second kappa shape index (κ2) is 6.61. The maximum Gasteiger partial charge on any atom is 0.419 e. The average Bonchev–Trinajstić information content (AvgIpc) is 2.56. The van der Waals surface area contributed by atoms with E-state index < -0.39 is 17.6 Å². The van der Waals surface area contributed by atoms with E-state index in [9.17, 15) is 22.7 Å². The number of alkyl halides is 3. The van der Waals surface area contributed by atoms with Crippen LogP contribution in [0.15, 0.2) is 47.1 Å². The minimum Gasteiger partial charge on any atom is -0.392 e. The topological polar surface area (TPSA) is 45.2 Å². The summed E-state index contributed by atoms with van der Waals surface area (Å²) in [5, 5.41) is 13.0. The van der Waals surface area contributed by atoms with E-state index in [4.69, 9.17) is 0 Å². The highest BCUT2D eigenvalue weighted by Crippen LogP contribution is 2.35. The van der Waals surface area contributed by atoms with Gasteiger partial charge in [0.05, 0.1) is 23.4 Å². The highest BCUT2D eigenvalue weighted by Gasteiger charge is 2.34. The van der Waals surface area contributed by atoms with E-state index >= 15 is 0 Å². The molecule has 130 valence electrons. The molecule has 0 atom stereocenters. The van der Waals surface area contributed by atoms with Gasteiger partial charge >= 0.3 is 6.18 Å². The van der Waals surface area contributed by atoms with Crippen LogP contribution >= 0.6 is 15.9 Å². The Morgan fingerprint density at radius 1 is 1.12 bits per heavy atom. The van der Waals surface area contributed by atoms with Crippen molar-refractivity contribution in [2.75, 3.05) is 5.32 Å². The molecule has 3 rings (SSSR count). The van der Waals surface area contributed by atoms with Gasteiger partial charge in [-0.1, -0.05) is 15.9 Å². The fraction of sp³-hybridized carbons (Fsp3) is 0.118. The molecule has 0 bridgehead atoms. The van der Waals surface area contributed by atoms with Crippen LogP contribution in [0.5, 0.6) is 0 Å². The van der Waals surface area contributed by atoms with Crippen LogP contribution in [0.1, 0.15) is 11.1 Å². The second-order valence-corrected chi connectivity index (χ2v) is 6.21. The number of aliphatic hydroxyl groups is 1. The summed E-state index contributed by atoms with van der Waals surface area (Å²) in [5.74, 6) is -1.34. The van der Waals surface area contributed by atoms with Gasteiger partial charge in [0, 0.05) is 27.3 Å². The van der Waals surface area contributed by atoms with Crippen molar-refractivity contribution in [2.45, 2.75) is 12.8 Å². The Kier molecular flexibility index (Phi) is 4.66. The first-order chi connectivity index (χ1) is 11.8. The largest absolute Gasteiger partial charge is 0.419 e. The first-order valence-electron chi connectivity index (χ1n) is 7.11. The quantitative estimate of drug-likeness (QED) is 0.564. The summed E-state index contributed by atoms with van der Waals surface area (Å²) in [4.78, 5) is 4.21. The Labute approximate surface area is 148 Å². The van der Waals surface area contributed by atoms with Gasteiger partial charge in [-0.05, 0) is 36.4 Å². The van der Waals surface area contributed by atoms with Crippen molar-refractivity contribution in [3.05, 3.63) is 64.0 Å². The molecule has 3 nitrogen and oxygen atoms in total. The van der Waals surface area contributed by atoms with Gasteiger partial charge in [0.25, 0.3) is 0 Å². The van der Waals surface area contributed by atoms with E-state index in [0.717, 1.165) is 10.5 Å². The molecule has 0 radical (unpaired) electrons. The molecule has 0 aliphatic rings. The fourth-order valence-electron chi connectivity index (χ4n) is 2.44. The lowest BCUT2D eigenvalue weighted by atomic mass is 10.1. The van der Waals surface area contributed by atoms with E-state index in [1.807, 2.05) is 0 Å². The van der Waals surface area contributed by atoms with E-state index in [0.29, 0.717) is 28.2 Å². The molecule has 0 aliphatic heterocycles. The number of nitrogens with zero attached hydrogens (tertiary/aromatic N) is 1. The monoisotopic (exact) mass is 414 g/mol. The number of aliphatic hydroxyl groups excluding tert-OH is 1. The van der Waals surface area contributed by atoms with Crippen molar-refractivity contribution in [1.82, 2.24) is 4.98 Å². The highest BCUT2D eigenvalue weighted by atomic mass is 79.9. The number of benzene rings is 2. The zero-order valence-electron chi connectivity index (χ0n) is 12.5. The summed E-state index contributed by atoms with van der Waals surface area (Å²) in [5.41, 5.74) is 0.108. The van der Waals surface area contributed by atoms with E-state index in [2.05, 4.69) is 26.2 Å². The predicted octanol–water partition coefficient (Wildman–Crippen LogP) is 5.39. The van der Waals surface area contributed by atoms with Gasteiger partial charge in [0.2, 0.25) is 0 Å². The number of anilines is 2. The lowest BCUT2D eigenvalue weighted by Gasteiger charge is -2.15. The molecule has 0 saturated heterocycles. The van der Waals surface area contributed by atoms with Crippen LogP contribution in [0.2, 0.25) is 0 Å². The number of rotatable bonds is 3. The van der Waals surface area contributed by atoms with Crippen LogP contribution in [0.4, 0.5) is 28.9 Å². The number of hydrogen-bond acceptors (Lipinski definition) is 3. The van der Waals surface area contributed by atoms with Crippen molar-refractivity contribution in [3.63, 3.8) is 0 Å². The van der Waals surface area contributed by atoms with Gasteiger partial charge in [-0.3, -0.25) is 4.98 Å². The fourth-order valence-corrected chi connectivity index (χ4v) is 2.80. The first-order valence-corrected chi connectivity index (χ1v) is 7.90. The lowest BCUT2D eigenvalue weighted by molar-refractivity contribution is -0.139. The van der Waals surface area contributed by atoms with Crippen LogP contribution in [-0.2, 0) is 12.8 Å². The molecule has 3 aromatic rings. The van der Waals surface area contributed by atoms with Crippen LogP contribution in [-0.4, -0.2) is 10.1 Å². The van der Waals surface area contributed by atoms with Crippen LogP contribution < -0.4 is 5.32 Å². The number of fused-ring (bicyclic) bond motifs is 1. The summed E-state index contributed by atoms with van der Waals surface area (Å²) < 4.78 is 52.9. The van der Waals surface area contributed by atoms with Crippen molar-refractivity contribution in [3.8, 4) is 0 Å². The number of pyridine rings is 1. The average molecular weight is 415 g/mol. The Hall–Kier alpha value is -2.19. The van der Waals surface area contributed by atoms with Crippen LogP contribution in [0.3, 0.4) is 0 Å². The molecule has 8 heteroatoms. The standard InChI is InChI=1S/C17H11BrF4N2O/c18-10-1-4-15-12(5-10)16(9(8-25)7-23-15)24-11-2-3-14(19)13(6-11)17(20,21)22/h1-7,25H,8H2,(H,23,24). The predicted molar refractivity (Wildman–Crippen MR) is 90.1 cm³/mol. The molecular formula is C17H11BrF4N2O. The molecule has 1 heterocycles. The van der Waals surface area contributed by atoms with Crippen LogP contribution in [0, 0.1) is 5.82 Å². The number of hydrogen-bond donors (Lipinski definition) is 2. The smallest absolute Gasteiger partial charge is 0.392 e. The number of nitrogens with one attached hydrogen (secondary N) is 1.